The minimum absolute atomic E-state index is 0.153. The van der Waals surface area contributed by atoms with Crippen molar-refractivity contribution in [3.8, 4) is 0 Å². The minimum Gasteiger partial charge on any atom is -0.381 e. The minimum atomic E-state index is 0.153. The van der Waals surface area contributed by atoms with Gasteiger partial charge in [0.2, 0.25) is 5.56 Å². The lowest BCUT2D eigenvalue weighted by atomic mass is 9.97. The van der Waals surface area contributed by atoms with Gasteiger partial charge in [0, 0.05) is 31.8 Å². The summed E-state index contributed by atoms with van der Waals surface area (Å²) in [6, 6.07) is 0. The molecule has 0 unspecified atom stereocenters. The summed E-state index contributed by atoms with van der Waals surface area (Å²) in [5.74, 6) is 1.14. The van der Waals surface area contributed by atoms with Gasteiger partial charge < -0.3 is 14.8 Å². The molecule has 12 heavy (non-hydrogen) atoms. The van der Waals surface area contributed by atoms with E-state index in [1.807, 2.05) is 11.8 Å². The molecule has 0 aromatic carbocycles. The molecular weight excluding hydrogens is 174 g/mol. The van der Waals surface area contributed by atoms with E-state index in [2.05, 4.69) is 12.4 Å². The Morgan fingerprint density at radius 3 is 2.75 bits per heavy atom. The number of rotatable bonds is 1. The molecule has 1 atom stereocenters. The van der Waals surface area contributed by atoms with Crippen LogP contribution in [0.1, 0.15) is 12.8 Å². The summed E-state index contributed by atoms with van der Waals surface area (Å²) in [4.78, 5) is 0. The molecule has 2 heterocycles. The van der Waals surface area contributed by atoms with Crippen LogP contribution in [-0.2, 0) is 9.47 Å². The molecule has 0 amide bonds. The fourth-order valence-electron chi connectivity index (χ4n) is 1.72. The molecule has 2 rings (SSSR count). The quantitative estimate of drug-likeness (QED) is 0.620. The summed E-state index contributed by atoms with van der Waals surface area (Å²) in [6.07, 6.45) is 2.15. The third-order valence-corrected chi connectivity index (χ3v) is 3.94. The molecule has 2 aliphatic rings. The standard InChI is InChI=1S/C8H15NO2S/c1-9-7-11-8(6-12-7)2-4-10-5-3-8/h7,9H,2-6H2,1H3/p+1/t7-/m0/s1. The first-order chi connectivity index (χ1) is 5.85. The molecule has 0 aromatic heterocycles. The zero-order valence-corrected chi connectivity index (χ0v) is 8.23. The lowest BCUT2D eigenvalue weighted by molar-refractivity contribution is -0.680. The van der Waals surface area contributed by atoms with Crippen molar-refractivity contribution in [3.05, 3.63) is 0 Å². The van der Waals surface area contributed by atoms with Gasteiger partial charge in [-0.1, -0.05) is 11.8 Å². The Bertz CT molecular complexity index is 159. The Morgan fingerprint density at radius 1 is 1.42 bits per heavy atom. The third-order valence-electron chi connectivity index (χ3n) is 2.55. The lowest BCUT2D eigenvalue weighted by Crippen LogP contribution is -2.85. The number of hydrogen-bond acceptors (Lipinski definition) is 3. The molecule has 1 spiro atoms. The van der Waals surface area contributed by atoms with Crippen molar-refractivity contribution in [2.75, 3.05) is 26.0 Å². The Hall–Kier alpha value is 0.230. The van der Waals surface area contributed by atoms with Crippen LogP contribution in [0.5, 0.6) is 0 Å². The Kier molecular flexibility index (Phi) is 2.60. The van der Waals surface area contributed by atoms with Gasteiger partial charge in [0.25, 0.3) is 0 Å². The van der Waals surface area contributed by atoms with Gasteiger partial charge in [-0.3, -0.25) is 0 Å². The molecule has 2 N–H and O–H groups in total. The third kappa shape index (κ3) is 1.62. The first-order valence-corrected chi connectivity index (χ1v) is 5.56. The van der Waals surface area contributed by atoms with Crippen molar-refractivity contribution < 1.29 is 14.8 Å². The number of thioether (sulfide) groups is 1. The molecule has 0 aliphatic carbocycles. The van der Waals surface area contributed by atoms with Crippen LogP contribution in [0.25, 0.3) is 0 Å². The van der Waals surface area contributed by atoms with E-state index in [0.717, 1.165) is 31.8 Å². The van der Waals surface area contributed by atoms with Gasteiger partial charge in [-0.2, -0.15) is 0 Å². The number of ether oxygens (including phenoxy) is 2. The van der Waals surface area contributed by atoms with Crippen molar-refractivity contribution in [1.82, 2.24) is 0 Å². The summed E-state index contributed by atoms with van der Waals surface area (Å²) >= 11 is 1.91. The largest absolute Gasteiger partial charge is 0.381 e. The summed E-state index contributed by atoms with van der Waals surface area (Å²) in [6.45, 7) is 1.74. The molecule has 0 bridgehead atoms. The molecule has 2 saturated heterocycles. The van der Waals surface area contributed by atoms with Crippen molar-refractivity contribution in [2.24, 2.45) is 0 Å². The van der Waals surface area contributed by atoms with Gasteiger partial charge >= 0.3 is 0 Å². The maximum absolute atomic E-state index is 5.97. The lowest BCUT2D eigenvalue weighted by Gasteiger charge is -2.31. The van der Waals surface area contributed by atoms with E-state index in [-0.39, 0.29) is 5.60 Å². The van der Waals surface area contributed by atoms with Gasteiger partial charge in [-0.15, -0.1) is 0 Å². The number of hydrogen-bond donors (Lipinski definition) is 1. The van der Waals surface area contributed by atoms with Crippen molar-refractivity contribution >= 4 is 11.8 Å². The first kappa shape index (κ1) is 8.81. The number of quaternary nitrogens is 1. The zero-order chi connectivity index (χ0) is 8.44. The van der Waals surface area contributed by atoms with E-state index >= 15 is 0 Å². The topological polar surface area (TPSA) is 35.1 Å². The van der Waals surface area contributed by atoms with Gasteiger partial charge in [-0.25, -0.2) is 0 Å². The highest BCUT2D eigenvalue weighted by Crippen LogP contribution is 2.37. The van der Waals surface area contributed by atoms with Crippen LogP contribution < -0.4 is 5.32 Å². The van der Waals surface area contributed by atoms with Gasteiger partial charge in [0.05, 0.1) is 12.6 Å². The molecule has 4 heteroatoms. The molecule has 0 radical (unpaired) electrons. The second-order valence-electron chi connectivity index (χ2n) is 3.43. The maximum atomic E-state index is 5.97. The SMILES string of the molecule is C[NH2+][C@H]1OC2(CCOCC2)CS1. The Balaban J connectivity index is 1.94. The highest BCUT2D eigenvalue weighted by atomic mass is 32.2. The van der Waals surface area contributed by atoms with Crippen LogP contribution in [-0.4, -0.2) is 37.2 Å². The second kappa shape index (κ2) is 3.54. The monoisotopic (exact) mass is 190 g/mol. The van der Waals surface area contributed by atoms with Crippen LogP contribution in [0.2, 0.25) is 0 Å². The van der Waals surface area contributed by atoms with Crippen molar-refractivity contribution in [2.45, 2.75) is 24.0 Å². The van der Waals surface area contributed by atoms with E-state index in [9.17, 15) is 0 Å². The van der Waals surface area contributed by atoms with Gasteiger partial charge in [0.1, 0.15) is 0 Å². The molecule has 3 nitrogen and oxygen atoms in total. The summed E-state index contributed by atoms with van der Waals surface area (Å²) in [7, 11) is 2.07. The predicted molar refractivity (Wildman–Crippen MR) is 48.0 cm³/mol. The van der Waals surface area contributed by atoms with E-state index in [1.165, 1.54) is 0 Å². The first-order valence-electron chi connectivity index (χ1n) is 4.51. The summed E-state index contributed by atoms with van der Waals surface area (Å²) < 4.78 is 11.3. The maximum Gasteiger partial charge on any atom is 0.240 e. The molecule has 0 saturated carbocycles. The Labute approximate surface area is 77.2 Å². The highest BCUT2D eigenvalue weighted by molar-refractivity contribution is 7.99. The molecule has 2 fully saturated rings. The van der Waals surface area contributed by atoms with Gasteiger partial charge in [-0.05, 0) is 0 Å². The van der Waals surface area contributed by atoms with E-state index in [4.69, 9.17) is 9.47 Å². The normalized spacial score (nSPS) is 34.2. The highest BCUT2D eigenvalue weighted by Gasteiger charge is 2.43. The zero-order valence-electron chi connectivity index (χ0n) is 7.41. The van der Waals surface area contributed by atoms with Crippen molar-refractivity contribution in [3.63, 3.8) is 0 Å². The van der Waals surface area contributed by atoms with Crippen LogP contribution >= 0.6 is 11.8 Å². The second-order valence-corrected chi connectivity index (χ2v) is 4.51. The van der Waals surface area contributed by atoms with E-state index in [1.54, 1.807) is 0 Å². The van der Waals surface area contributed by atoms with E-state index in [0.29, 0.717) is 5.56 Å². The predicted octanol–water partition coefficient (Wildman–Crippen LogP) is -0.224. The molecule has 2 aliphatic heterocycles. The average Bonchev–Trinajstić information content (AvgIpc) is 2.50. The van der Waals surface area contributed by atoms with E-state index < -0.39 is 0 Å². The molecule has 0 aromatic rings. The van der Waals surface area contributed by atoms with Crippen LogP contribution in [0.15, 0.2) is 0 Å². The molecular formula is C8H16NO2S+. The van der Waals surface area contributed by atoms with Crippen LogP contribution in [0.3, 0.4) is 0 Å². The fraction of sp³-hybridized carbons (Fsp3) is 1.00. The average molecular weight is 190 g/mol. The smallest absolute Gasteiger partial charge is 0.240 e. The van der Waals surface area contributed by atoms with Crippen LogP contribution in [0, 0.1) is 0 Å². The Morgan fingerprint density at radius 2 is 2.17 bits per heavy atom. The molecule has 70 valence electrons. The van der Waals surface area contributed by atoms with Gasteiger partial charge in [0.15, 0.2) is 0 Å². The van der Waals surface area contributed by atoms with Crippen molar-refractivity contribution in [1.29, 1.82) is 0 Å². The fourth-order valence-corrected chi connectivity index (χ4v) is 3.01. The van der Waals surface area contributed by atoms with Crippen LogP contribution in [0.4, 0.5) is 0 Å². The summed E-state index contributed by atoms with van der Waals surface area (Å²) in [5.41, 5.74) is 0.475. The summed E-state index contributed by atoms with van der Waals surface area (Å²) in [5, 5.41) is 2.13. The number of nitrogens with two attached hydrogens (primary N) is 1.